The predicted molar refractivity (Wildman–Crippen MR) is 76.5 cm³/mol. The van der Waals surface area contributed by atoms with Crippen LogP contribution in [0.15, 0.2) is 11.2 Å². The Bertz CT molecular complexity index is 499. The van der Waals surface area contributed by atoms with Gasteiger partial charge in [0, 0.05) is 25.7 Å². The smallest absolute Gasteiger partial charge is 0.131 e. The molecule has 0 amide bonds. The summed E-state index contributed by atoms with van der Waals surface area (Å²) < 4.78 is 2.02. The fourth-order valence-electron chi connectivity index (χ4n) is 2.40. The first-order valence-electron chi connectivity index (χ1n) is 6.67. The summed E-state index contributed by atoms with van der Waals surface area (Å²) in [6.45, 7) is 8.99. The Morgan fingerprint density at radius 1 is 1.47 bits per heavy atom. The summed E-state index contributed by atoms with van der Waals surface area (Å²) in [7, 11) is 0. The van der Waals surface area contributed by atoms with Crippen LogP contribution in [0.3, 0.4) is 0 Å². The Morgan fingerprint density at radius 3 is 2.79 bits per heavy atom. The van der Waals surface area contributed by atoms with Crippen molar-refractivity contribution in [1.29, 1.82) is 5.41 Å². The van der Waals surface area contributed by atoms with Crippen molar-refractivity contribution in [3.63, 3.8) is 0 Å². The average molecular weight is 262 g/mol. The number of aryl methyl sites for hydroxylation is 1. The number of nitrogens with zero attached hydrogens (tertiary/aromatic N) is 4. The summed E-state index contributed by atoms with van der Waals surface area (Å²) in [5.74, 6) is 5.36. The van der Waals surface area contributed by atoms with Crippen LogP contribution in [0.5, 0.6) is 0 Å². The van der Waals surface area contributed by atoms with Crippen LogP contribution in [0.1, 0.15) is 38.6 Å². The number of hydrogen-bond acceptors (Lipinski definition) is 5. The highest BCUT2D eigenvalue weighted by Crippen LogP contribution is 2.16. The van der Waals surface area contributed by atoms with Crippen molar-refractivity contribution in [2.24, 2.45) is 10.9 Å². The summed E-state index contributed by atoms with van der Waals surface area (Å²) in [5.41, 5.74) is 2.69. The summed E-state index contributed by atoms with van der Waals surface area (Å²) in [4.78, 5) is 2.43. The van der Waals surface area contributed by atoms with Crippen LogP contribution < -0.4 is 5.84 Å². The molecule has 2 rings (SSSR count). The van der Waals surface area contributed by atoms with Gasteiger partial charge in [0.25, 0.3) is 0 Å². The number of nitrogens with one attached hydrogen (secondary N) is 1. The van der Waals surface area contributed by atoms with E-state index in [1.807, 2.05) is 10.7 Å². The molecule has 1 aliphatic heterocycles. The molecule has 1 aromatic rings. The molecule has 19 heavy (non-hydrogen) atoms. The van der Waals surface area contributed by atoms with Crippen molar-refractivity contribution < 1.29 is 0 Å². The van der Waals surface area contributed by atoms with E-state index in [0.717, 1.165) is 26.1 Å². The largest absolute Gasteiger partial charge is 0.323 e. The van der Waals surface area contributed by atoms with Gasteiger partial charge in [-0.2, -0.15) is 10.2 Å². The molecule has 0 radical (unpaired) electrons. The Hall–Kier alpha value is -1.69. The molecule has 2 heterocycles. The van der Waals surface area contributed by atoms with Crippen molar-refractivity contribution in [3.05, 3.63) is 17.5 Å². The maximum Gasteiger partial charge on any atom is 0.131 e. The first kappa shape index (κ1) is 13.7. The summed E-state index contributed by atoms with van der Waals surface area (Å²) in [5, 5.41) is 15.9. The van der Waals surface area contributed by atoms with Gasteiger partial charge in [-0.15, -0.1) is 0 Å². The molecule has 0 spiro atoms. The van der Waals surface area contributed by atoms with Crippen LogP contribution >= 0.6 is 0 Å². The van der Waals surface area contributed by atoms with E-state index in [0.29, 0.717) is 23.2 Å². The molecule has 0 saturated carbocycles. The van der Waals surface area contributed by atoms with Crippen LogP contribution in [0.4, 0.5) is 0 Å². The van der Waals surface area contributed by atoms with Gasteiger partial charge in [0.1, 0.15) is 11.4 Å². The summed E-state index contributed by atoms with van der Waals surface area (Å²) >= 11 is 0. The number of nitrogens with two attached hydrogens (primary N) is 1. The number of aromatic nitrogens is 2. The zero-order valence-electron chi connectivity index (χ0n) is 11.8. The molecule has 0 bridgehead atoms. The first-order chi connectivity index (χ1) is 9.02. The molecule has 0 aromatic carbocycles. The van der Waals surface area contributed by atoms with Gasteiger partial charge in [0.05, 0.1) is 11.4 Å². The number of hydrazone groups is 1. The van der Waals surface area contributed by atoms with Gasteiger partial charge in [0.2, 0.25) is 0 Å². The summed E-state index contributed by atoms with van der Waals surface area (Å²) in [6.07, 6.45) is 1.09. The fraction of sp³-hybridized carbons (Fsp3) is 0.615. The third-order valence-electron chi connectivity index (χ3n) is 3.50. The number of fused-ring (bicyclic) bond motifs is 1. The Balaban J connectivity index is 2.30. The molecular weight excluding hydrogens is 240 g/mol. The van der Waals surface area contributed by atoms with Gasteiger partial charge in [0.15, 0.2) is 0 Å². The van der Waals surface area contributed by atoms with Gasteiger partial charge in [-0.05, 0) is 33.3 Å². The molecule has 6 nitrogen and oxygen atoms in total. The highest BCUT2D eigenvalue weighted by atomic mass is 15.3. The lowest BCUT2D eigenvalue weighted by atomic mass is 10.2. The van der Waals surface area contributed by atoms with Crippen molar-refractivity contribution in [3.8, 4) is 0 Å². The quantitative estimate of drug-likeness (QED) is 0.488. The molecule has 1 aliphatic rings. The zero-order valence-corrected chi connectivity index (χ0v) is 11.8. The van der Waals surface area contributed by atoms with Gasteiger partial charge in [-0.25, -0.2) is 0 Å². The molecule has 0 saturated heterocycles. The topological polar surface area (TPSA) is 83.3 Å². The highest BCUT2D eigenvalue weighted by Gasteiger charge is 2.20. The minimum atomic E-state index is 0.344. The van der Waals surface area contributed by atoms with E-state index in [4.69, 9.17) is 11.3 Å². The Labute approximate surface area is 113 Å². The lowest BCUT2D eigenvalue weighted by molar-refractivity contribution is 0.216. The van der Waals surface area contributed by atoms with Crippen LogP contribution in [-0.4, -0.2) is 38.7 Å². The van der Waals surface area contributed by atoms with Crippen molar-refractivity contribution >= 4 is 11.4 Å². The van der Waals surface area contributed by atoms with E-state index in [1.165, 1.54) is 5.69 Å². The predicted octanol–water partition coefficient (Wildman–Crippen LogP) is 1.20. The van der Waals surface area contributed by atoms with Crippen LogP contribution in [-0.2, 0) is 13.1 Å². The average Bonchev–Trinajstić information content (AvgIpc) is 2.60. The molecule has 6 heteroatoms. The third-order valence-corrected chi connectivity index (χ3v) is 3.50. The maximum atomic E-state index is 7.68. The number of hydrogen-bond donors (Lipinski definition) is 2. The summed E-state index contributed by atoms with van der Waals surface area (Å²) in [6, 6.07) is 2.53. The number of rotatable bonds is 3. The second-order valence-electron chi connectivity index (χ2n) is 5.26. The van der Waals surface area contributed by atoms with E-state index in [-0.39, 0.29) is 0 Å². The Kier molecular flexibility index (Phi) is 3.99. The van der Waals surface area contributed by atoms with E-state index in [1.54, 1.807) is 6.92 Å². The molecule has 0 unspecified atom stereocenters. The normalized spacial score (nSPS) is 17.4. The molecule has 1 aromatic heterocycles. The second kappa shape index (κ2) is 5.52. The van der Waals surface area contributed by atoms with E-state index < -0.39 is 0 Å². The third kappa shape index (κ3) is 2.84. The van der Waals surface area contributed by atoms with Crippen molar-refractivity contribution in [2.75, 3.05) is 6.54 Å². The van der Waals surface area contributed by atoms with E-state index in [2.05, 4.69) is 28.9 Å². The van der Waals surface area contributed by atoms with Crippen molar-refractivity contribution in [1.82, 2.24) is 14.7 Å². The fourth-order valence-corrected chi connectivity index (χ4v) is 2.40. The van der Waals surface area contributed by atoms with Gasteiger partial charge in [-0.3, -0.25) is 9.58 Å². The lowest BCUT2D eigenvalue weighted by Crippen LogP contribution is -2.30. The molecular formula is C13H22N6. The minimum absolute atomic E-state index is 0.344. The van der Waals surface area contributed by atoms with E-state index >= 15 is 0 Å². The standard InChI is InChI=1S/C13H22N6/c1-9(2)18-5-4-6-19-11(8-18)7-12(17-19)13(16-15)10(3)14/h7,9,14H,4-6,8,15H2,1-3H3/b14-10?,16-13+. The molecule has 104 valence electrons. The van der Waals surface area contributed by atoms with Gasteiger partial charge >= 0.3 is 0 Å². The molecule has 0 aliphatic carbocycles. The van der Waals surface area contributed by atoms with Crippen molar-refractivity contribution in [2.45, 2.75) is 46.3 Å². The Morgan fingerprint density at radius 2 is 2.21 bits per heavy atom. The first-order valence-corrected chi connectivity index (χ1v) is 6.67. The van der Waals surface area contributed by atoms with Crippen LogP contribution in [0.25, 0.3) is 0 Å². The minimum Gasteiger partial charge on any atom is -0.323 e. The molecule has 0 atom stereocenters. The van der Waals surface area contributed by atoms with Gasteiger partial charge in [-0.1, -0.05) is 0 Å². The highest BCUT2D eigenvalue weighted by molar-refractivity contribution is 6.46. The second-order valence-corrected chi connectivity index (χ2v) is 5.26. The van der Waals surface area contributed by atoms with Gasteiger partial charge < -0.3 is 11.3 Å². The maximum absolute atomic E-state index is 7.68. The van der Waals surface area contributed by atoms with E-state index in [9.17, 15) is 0 Å². The zero-order chi connectivity index (χ0) is 14.0. The van der Waals surface area contributed by atoms with Crippen LogP contribution in [0, 0.1) is 5.41 Å². The monoisotopic (exact) mass is 262 g/mol. The molecule has 3 N–H and O–H groups in total. The lowest BCUT2D eigenvalue weighted by Gasteiger charge is -2.23. The molecule has 0 fully saturated rings. The SMILES string of the molecule is CC(=N)/C(=N\N)c1cc2n(n1)CCCN(C(C)C)C2. The van der Waals surface area contributed by atoms with Crippen LogP contribution in [0.2, 0.25) is 0 Å².